The molecular weight excluding hydrogens is 194 g/mol. The Kier molecular flexibility index (Phi) is 4.77. The van der Waals surface area contributed by atoms with E-state index >= 15 is 0 Å². The molecule has 4 nitrogen and oxygen atoms in total. The highest BCUT2D eigenvalue weighted by Crippen LogP contribution is 2.31. The van der Waals surface area contributed by atoms with Gasteiger partial charge in [-0.2, -0.15) is 0 Å². The summed E-state index contributed by atoms with van der Waals surface area (Å²) in [5, 5.41) is 0. The van der Waals surface area contributed by atoms with Gasteiger partial charge in [-0.05, 0) is 19.1 Å². The Labute approximate surface area is 89.9 Å². The maximum Gasteiger partial charge on any atom is 0.164 e. The molecule has 0 saturated heterocycles. The van der Waals surface area contributed by atoms with Gasteiger partial charge in [0.1, 0.15) is 12.4 Å². The Bertz CT molecular complexity index is 302. The van der Waals surface area contributed by atoms with E-state index in [0.717, 1.165) is 11.5 Å². The van der Waals surface area contributed by atoms with Crippen LogP contribution in [0.1, 0.15) is 6.92 Å². The molecule has 0 aliphatic heterocycles. The second kappa shape index (κ2) is 6.14. The molecule has 0 heterocycles. The molecule has 0 spiro atoms. The van der Waals surface area contributed by atoms with Gasteiger partial charge < -0.3 is 19.9 Å². The zero-order chi connectivity index (χ0) is 11.1. The molecule has 0 amide bonds. The summed E-state index contributed by atoms with van der Waals surface area (Å²) in [5.74, 6) is 2.13. The standard InChI is InChI=1S/C11H17NO3/c1-3-14-10-5-4-9(15-7-6-12)8-11(10)13-2/h4-5,8H,3,6-7,12H2,1-2H3. The average molecular weight is 211 g/mol. The number of hydrogen-bond donors (Lipinski definition) is 1. The fourth-order valence-electron chi connectivity index (χ4n) is 1.19. The number of nitrogens with two attached hydrogens (primary N) is 1. The van der Waals surface area contributed by atoms with E-state index in [1.165, 1.54) is 0 Å². The molecular formula is C11H17NO3. The van der Waals surface area contributed by atoms with Crippen molar-refractivity contribution >= 4 is 0 Å². The molecule has 0 atom stereocenters. The van der Waals surface area contributed by atoms with Gasteiger partial charge in [0.15, 0.2) is 11.5 Å². The van der Waals surface area contributed by atoms with Crippen LogP contribution in [0.3, 0.4) is 0 Å². The van der Waals surface area contributed by atoms with Gasteiger partial charge in [-0.1, -0.05) is 0 Å². The summed E-state index contributed by atoms with van der Waals surface area (Å²) < 4.78 is 15.9. The first-order valence-corrected chi connectivity index (χ1v) is 4.95. The summed E-state index contributed by atoms with van der Waals surface area (Å²) in [6, 6.07) is 5.46. The Morgan fingerprint density at radius 2 is 2.00 bits per heavy atom. The van der Waals surface area contributed by atoms with Crippen molar-refractivity contribution in [2.75, 3.05) is 26.9 Å². The van der Waals surface area contributed by atoms with E-state index in [1.54, 1.807) is 13.2 Å². The lowest BCUT2D eigenvalue weighted by atomic mass is 10.3. The summed E-state index contributed by atoms with van der Waals surface area (Å²) >= 11 is 0. The molecule has 0 aliphatic carbocycles. The molecule has 0 aliphatic rings. The predicted molar refractivity (Wildman–Crippen MR) is 58.7 cm³/mol. The van der Waals surface area contributed by atoms with Gasteiger partial charge in [0.2, 0.25) is 0 Å². The molecule has 4 heteroatoms. The van der Waals surface area contributed by atoms with Gasteiger partial charge in [-0.25, -0.2) is 0 Å². The minimum atomic E-state index is 0.496. The van der Waals surface area contributed by atoms with Crippen molar-refractivity contribution in [1.82, 2.24) is 0 Å². The minimum Gasteiger partial charge on any atom is -0.493 e. The summed E-state index contributed by atoms with van der Waals surface area (Å²) in [7, 11) is 1.60. The second-order valence-corrected chi connectivity index (χ2v) is 2.88. The number of ether oxygens (including phenoxy) is 3. The first kappa shape index (κ1) is 11.7. The quantitative estimate of drug-likeness (QED) is 0.773. The van der Waals surface area contributed by atoms with Gasteiger partial charge in [-0.15, -0.1) is 0 Å². The van der Waals surface area contributed by atoms with Gasteiger partial charge in [0.05, 0.1) is 13.7 Å². The molecule has 2 N–H and O–H groups in total. The van der Waals surface area contributed by atoms with Crippen molar-refractivity contribution in [3.8, 4) is 17.2 Å². The van der Waals surface area contributed by atoms with Crippen molar-refractivity contribution in [1.29, 1.82) is 0 Å². The highest BCUT2D eigenvalue weighted by molar-refractivity contribution is 5.45. The highest BCUT2D eigenvalue weighted by Gasteiger charge is 2.05. The molecule has 15 heavy (non-hydrogen) atoms. The number of rotatable bonds is 6. The van der Waals surface area contributed by atoms with Crippen LogP contribution in [0.5, 0.6) is 17.2 Å². The van der Waals surface area contributed by atoms with Crippen LogP contribution in [0.25, 0.3) is 0 Å². The summed E-state index contributed by atoms with van der Waals surface area (Å²) in [6.07, 6.45) is 0. The van der Waals surface area contributed by atoms with Crippen LogP contribution in [0, 0.1) is 0 Å². The molecule has 1 rings (SSSR count). The fourth-order valence-corrected chi connectivity index (χ4v) is 1.19. The average Bonchev–Trinajstić information content (AvgIpc) is 2.28. The Balaban J connectivity index is 2.77. The van der Waals surface area contributed by atoms with Crippen LogP contribution < -0.4 is 19.9 Å². The van der Waals surface area contributed by atoms with Crippen LogP contribution >= 0.6 is 0 Å². The zero-order valence-electron chi connectivity index (χ0n) is 9.16. The van der Waals surface area contributed by atoms with Crippen LogP contribution in [-0.4, -0.2) is 26.9 Å². The molecule has 0 fully saturated rings. The maximum atomic E-state index is 5.38. The monoisotopic (exact) mass is 211 g/mol. The van der Waals surface area contributed by atoms with Crippen LogP contribution in [-0.2, 0) is 0 Å². The van der Waals surface area contributed by atoms with Crippen LogP contribution in [0.15, 0.2) is 18.2 Å². The van der Waals surface area contributed by atoms with E-state index in [-0.39, 0.29) is 0 Å². The second-order valence-electron chi connectivity index (χ2n) is 2.88. The largest absolute Gasteiger partial charge is 0.493 e. The van der Waals surface area contributed by atoms with E-state index in [9.17, 15) is 0 Å². The third-order valence-electron chi connectivity index (χ3n) is 1.82. The Hall–Kier alpha value is -1.42. The van der Waals surface area contributed by atoms with Crippen LogP contribution in [0.2, 0.25) is 0 Å². The number of benzene rings is 1. The number of methoxy groups -OCH3 is 1. The predicted octanol–water partition coefficient (Wildman–Crippen LogP) is 1.43. The third kappa shape index (κ3) is 3.32. The first-order valence-electron chi connectivity index (χ1n) is 4.95. The van der Waals surface area contributed by atoms with Gasteiger partial charge in [0.25, 0.3) is 0 Å². The van der Waals surface area contributed by atoms with Crippen molar-refractivity contribution in [2.45, 2.75) is 6.92 Å². The Morgan fingerprint density at radius 1 is 1.20 bits per heavy atom. The zero-order valence-corrected chi connectivity index (χ0v) is 9.16. The number of hydrogen-bond acceptors (Lipinski definition) is 4. The first-order chi connectivity index (χ1) is 7.31. The lowest BCUT2D eigenvalue weighted by molar-refractivity contribution is 0.302. The summed E-state index contributed by atoms with van der Waals surface area (Å²) in [6.45, 7) is 3.53. The minimum absolute atomic E-state index is 0.496. The lowest BCUT2D eigenvalue weighted by Crippen LogP contribution is -2.10. The van der Waals surface area contributed by atoms with E-state index in [0.29, 0.717) is 25.5 Å². The van der Waals surface area contributed by atoms with Crippen LogP contribution in [0.4, 0.5) is 0 Å². The molecule has 0 bridgehead atoms. The summed E-state index contributed by atoms with van der Waals surface area (Å²) in [4.78, 5) is 0. The third-order valence-corrected chi connectivity index (χ3v) is 1.82. The van der Waals surface area contributed by atoms with Gasteiger partial charge in [0, 0.05) is 12.6 Å². The molecule has 84 valence electrons. The topological polar surface area (TPSA) is 53.7 Å². The molecule has 0 radical (unpaired) electrons. The van der Waals surface area contributed by atoms with Crippen molar-refractivity contribution in [3.05, 3.63) is 18.2 Å². The van der Waals surface area contributed by atoms with Gasteiger partial charge >= 0.3 is 0 Å². The molecule has 0 saturated carbocycles. The van der Waals surface area contributed by atoms with E-state index in [4.69, 9.17) is 19.9 Å². The van der Waals surface area contributed by atoms with Gasteiger partial charge in [-0.3, -0.25) is 0 Å². The molecule has 0 unspecified atom stereocenters. The van der Waals surface area contributed by atoms with E-state index in [2.05, 4.69) is 0 Å². The van der Waals surface area contributed by atoms with E-state index in [1.807, 2.05) is 19.1 Å². The summed E-state index contributed by atoms with van der Waals surface area (Å²) in [5.41, 5.74) is 5.34. The lowest BCUT2D eigenvalue weighted by Gasteiger charge is -2.11. The smallest absolute Gasteiger partial charge is 0.164 e. The molecule has 1 aromatic rings. The SMILES string of the molecule is CCOc1ccc(OCCN)cc1OC. The van der Waals surface area contributed by atoms with Crippen molar-refractivity contribution < 1.29 is 14.2 Å². The Morgan fingerprint density at radius 3 is 2.60 bits per heavy atom. The molecule has 0 aromatic heterocycles. The van der Waals surface area contributed by atoms with Crippen molar-refractivity contribution in [3.63, 3.8) is 0 Å². The molecule has 1 aromatic carbocycles. The fraction of sp³-hybridized carbons (Fsp3) is 0.455. The normalized spacial score (nSPS) is 9.80. The van der Waals surface area contributed by atoms with Crippen molar-refractivity contribution in [2.24, 2.45) is 5.73 Å². The van der Waals surface area contributed by atoms with E-state index < -0.39 is 0 Å². The highest BCUT2D eigenvalue weighted by atomic mass is 16.5. The maximum absolute atomic E-state index is 5.38.